The van der Waals surface area contributed by atoms with E-state index in [-0.39, 0.29) is 0 Å². The third-order valence-corrected chi connectivity index (χ3v) is 2.68. The molecule has 1 aliphatic heterocycles. The summed E-state index contributed by atoms with van der Waals surface area (Å²) in [7, 11) is 4.12. The molecule has 0 aliphatic carbocycles. The molecule has 2 rings (SSSR count). The normalized spacial score (nSPS) is 20.3. The van der Waals surface area contributed by atoms with Gasteiger partial charge in [-0.15, -0.1) is 0 Å². The van der Waals surface area contributed by atoms with Crippen molar-refractivity contribution in [1.29, 1.82) is 0 Å². The minimum absolute atomic E-state index is 0.464. The molecule has 1 atom stereocenters. The maximum atomic E-state index is 5.35. The van der Waals surface area contributed by atoms with E-state index in [1.807, 2.05) is 0 Å². The third kappa shape index (κ3) is 2.42. The first kappa shape index (κ1) is 10.3. The zero-order valence-corrected chi connectivity index (χ0v) is 9.36. The molecule has 0 saturated carbocycles. The van der Waals surface area contributed by atoms with Gasteiger partial charge in [0.2, 0.25) is 0 Å². The van der Waals surface area contributed by atoms with E-state index in [0.717, 1.165) is 19.6 Å². The Hall–Kier alpha value is -1.22. The lowest BCUT2D eigenvalue weighted by Gasteiger charge is -2.20. The van der Waals surface area contributed by atoms with Gasteiger partial charge >= 0.3 is 0 Å². The van der Waals surface area contributed by atoms with E-state index in [1.54, 1.807) is 0 Å². The van der Waals surface area contributed by atoms with Gasteiger partial charge in [0.05, 0.1) is 24.0 Å². The Balaban J connectivity index is 2.12. The number of para-hydroxylation sites is 2. The first-order valence-corrected chi connectivity index (χ1v) is 5.38. The van der Waals surface area contributed by atoms with E-state index in [9.17, 15) is 0 Å². The van der Waals surface area contributed by atoms with Crippen molar-refractivity contribution in [1.82, 2.24) is 0 Å². The van der Waals surface area contributed by atoms with Crippen LogP contribution in [-0.2, 0) is 4.74 Å². The summed E-state index contributed by atoms with van der Waals surface area (Å²) in [5, 5.41) is 3.52. The van der Waals surface area contributed by atoms with Crippen LogP contribution in [0.4, 0.5) is 11.4 Å². The average molecular weight is 206 g/mol. The number of nitrogens with zero attached hydrogens (tertiary/aromatic N) is 1. The summed E-state index contributed by atoms with van der Waals surface area (Å²) in [6, 6.07) is 8.83. The van der Waals surface area contributed by atoms with E-state index in [0.29, 0.717) is 6.04 Å². The Morgan fingerprint density at radius 1 is 1.33 bits per heavy atom. The lowest BCUT2D eigenvalue weighted by Crippen LogP contribution is -2.21. The maximum absolute atomic E-state index is 5.35. The highest BCUT2D eigenvalue weighted by Crippen LogP contribution is 2.25. The fraction of sp³-hybridized carbons (Fsp3) is 0.500. The molecule has 3 heteroatoms. The third-order valence-electron chi connectivity index (χ3n) is 2.68. The molecule has 82 valence electrons. The Morgan fingerprint density at radius 2 is 2.13 bits per heavy atom. The standard InChI is InChI=1S/C12H18N2O/c1-14(2)12-6-4-3-5-11(12)13-10-7-8-15-9-10/h3-6,10,13H,7-9H2,1-2H3. The van der Waals surface area contributed by atoms with Crippen LogP contribution in [0.2, 0.25) is 0 Å². The summed E-state index contributed by atoms with van der Waals surface area (Å²) in [6.07, 6.45) is 1.10. The molecule has 0 bridgehead atoms. The summed E-state index contributed by atoms with van der Waals surface area (Å²) in [5.74, 6) is 0. The molecular weight excluding hydrogens is 188 g/mol. The van der Waals surface area contributed by atoms with Crippen molar-refractivity contribution in [2.24, 2.45) is 0 Å². The molecule has 1 aromatic rings. The summed E-state index contributed by atoms with van der Waals surface area (Å²) in [4.78, 5) is 2.12. The SMILES string of the molecule is CN(C)c1ccccc1NC1CCOC1. The van der Waals surface area contributed by atoms with E-state index < -0.39 is 0 Å². The van der Waals surface area contributed by atoms with Crippen LogP contribution in [0.1, 0.15) is 6.42 Å². The molecule has 1 aromatic carbocycles. The van der Waals surface area contributed by atoms with Crippen LogP contribution in [0.15, 0.2) is 24.3 Å². The molecule has 1 aliphatic rings. The molecule has 0 radical (unpaired) electrons. The van der Waals surface area contributed by atoms with Crippen molar-refractivity contribution >= 4 is 11.4 Å². The summed E-state index contributed by atoms with van der Waals surface area (Å²) >= 11 is 0. The number of rotatable bonds is 3. The average Bonchev–Trinajstić information content (AvgIpc) is 2.71. The maximum Gasteiger partial charge on any atom is 0.0668 e. The number of nitrogens with one attached hydrogen (secondary N) is 1. The van der Waals surface area contributed by atoms with E-state index in [2.05, 4.69) is 48.6 Å². The number of ether oxygens (including phenoxy) is 1. The van der Waals surface area contributed by atoms with Crippen LogP contribution in [0.25, 0.3) is 0 Å². The summed E-state index contributed by atoms with van der Waals surface area (Å²) in [5.41, 5.74) is 2.42. The minimum atomic E-state index is 0.464. The van der Waals surface area contributed by atoms with Gasteiger partial charge in [-0.3, -0.25) is 0 Å². The van der Waals surface area contributed by atoms with Gasteiger partial charge in [0.15, 0.2) is 0 Å². The number of anilines is 2. The van der Waals surface area contributed by atoms with Crippen molar-refractivity contribution in [2.75, 3.05) is 37.5 Å². The number of hydrogen-bond acceptors (Lipinski definition) is 3. The monoisotopic (exact) mass is 206 g/mol. The summed E-state index contributed by atoms with van der Waals surface area (Å²) < 4.78 is 5.35. The van der Waals surface area contributed by atoms with Gasteiger partial charge in [-0.05, 0) is 18.6 Å². The van der Waals surface area contributed by atoms with Crippen LogP contribution in [0.5, 0.6) is 0 Å². The van der Waals surface area contributed by atoms with Crippen LogP contribution < -0.4 is 10.2 Å². The van der Waals surface area contributed by atoms with Gasteiger partial charge in [0.25, 0.3) is 0 Å². The van der Waals surface area contributed by atoms with Crippen molar-refractivity contribution in [3.63, 3.8) is 0 Å². The Labute approximate surface area is 91.0 Å². The molecular formula is C12H18N2O. The highest BCUT2D eigenvalue weighted by Gasteiger charge is 2.16. The van der Waals surface area contributed by atoms with Crippen LogP contribution >= 0.6 is 0 Å². The molecule has 0 aromatic heterocycles. The molecule has 1 unspecified atom stereocenters. The lowest BCUT2D eigenvalue weighted by molar-refractivity contribution is 0.195. The quantitative estimate of drug-likeness (QED) is 0.818. The zero-order valence-electron chi connectivity index (χ0n) is 9.36. The second-order valence-corrected chi connectivity index (χ2v) is 4.12. The van der Waals surface area contributed by atoms with Gasteiger partial charge in [0.1, 0.15) is 0 Å². The number of hydrogen-bond donors (Lipinski definition) is 1. The van der Waals surface area contributed by atoms with Gasteiger partial charge in [-0.1, -0.05) is 12.1 Å². The van der Waals surface area contributed by atoms with Crippen LogP contribution in [0, 0.1) is 0 Å². The first-order valence-electron chi connectivity index (χ1n) is 5.38. The van der Waals surface area contributed by atoms with E-state index in [1.165, 1.54) is 11.4 Å². The van der Waals surface area contributed by atoms with E-state index >= 15 is 0 Å². The van der Waals surface area contributed by atoms with Gasteiger partial charge in [-0.2, -0.15) is 0 Å². The molecule has 1 saturated heterocycles. The molecule has 0 amide bonds. The summed E-state index contributed by atoms with van der Waals surface area (Å²) in [6.45, 7) is 1.70. The van der Waals surface area contributed by atoms with Crippen molar-refractivity contribution in [3.05, 3.63) is 24.3 Å². The fourth-order valence-electron chi connectivity index (χ4n) is 1.85. The molecule has 15 heavy (non-hydrogen) atoms. The van der Waals surface area contributed by atoms with Gasteiger partial charge in [-0.25, -0.2) is 0 Å². The molecule has 3 nitrogen and oxygen atoms in total. The van der Waals surface area contributed by atoms with Crippen molar-refractivity contribution in [3.8, 4) is 0 Å². The second kappa shape index (κ2) is 4.53. The van der Waals surface area contributed by atoms with Crippen LogP contribution in [-0.4, -0.2) is 33.4 Å². The first-order chi connectivity index (χ1) is 7.27. The highest BCUT2D eigenvalue weighted by molar-refractivity contribution is 5.69. The smallest absolute Gasteiger partial charge is 0.0668 e. The van der Waals surface area contributed by atoms with Crippen molar-refractivity contribution < 1.29 is 4.74 Å². The number of benzene rings is 1. The zero-order chi connectivity index (χ0) is 10.7. The Bertz CT molecular complexity index is 319. The highest BCUT2D eigenvalue weighted by atomic mass is 16.5. The molecule has 1 N–H and O–H groups in total. The predicted molar refractivity (Wildman–Crippen MR) is 63.6 cm³/mol. The lowest BCUT2D eigenvalue weighted by atomic mass is 10.2. The van der Waals surface area contributed by atoms with Crippen molar-refractivity contribution in [2.45, 2.75) is 12.5 Å². The van der Waals surface area contributed by atoms with E-state index in [4.69, 9.17) is 4.74 Å². The second-order valence-electron chi connectivity index (χ2n) is 4.12. The molecule has 1 fully saturated rings. The Morgan fingerprint density at radius 3 is 2.80 bits per heavy atom. The van der Waals surface area contributed by atoms with Gasteiger partial charge < -0.3 is 15.0 Å². The largest absolute Gasteiger partial charge is 0.379 e. The topological polar surface area (TPSA) is 24.5 Å². The minimum Gasteiger partial charge on any atom is -0.379 e. The molecule has 1 heterocycles. The Kier molecular flexibility index (Phi) is 3.11. The fourth-order valence-corrected chi connectivity index (χ4v) is 1.85. The van der Waals surface area contributed by atoms with Crippen LogP contribution in [0.3, 0.4) is 0 Å². The van der Waals surface area contributed by atoms with Gasteiger partial charge in [0, 0.05) is 20.7 Å². The molecule has 0 spiro atoms. The predicted octanol–water partition coefficient (Wildman–Crippen LogP) is 1.95.